The van der Waals surface area contributed by atoms with Crippen LogP contribution in [0.5, 0.6) is 0 Å². The summed E-state index contributed by atoms with van der Waals surface area (Å²) in [5.41, 5.74) is 2.53. The van der Waals surface area contributed by atoms with Gasteiger partial charge in [-0.3, -0.25) is 9.59 Å². The number of nitrogens with zero attached hydrogens (tertiary/aromatic N) is 2. The zero-order valence-corrected chi connectivity index (χ0v) is 17.2. The Balaban J connectivity index is 1.59. The second-order valence-electron chi connectivity index (χ2n) is 8.16. The molecule has 2 N–H and O–H groups in total. The standard InChI is InChI=1S/C23H23N3O5/c1-13(2)19(22(29)30)24-20(27)15-8-5-9-17(10-15)26-21(28)18-11-14-6-3-4-7-16(14)12-25(18)23(26)31/h3-10,13,18-19H,11-12H2,1-2H3,(H,24,27)(H,29,30)/t18-,19-/m0/s1. The van der Waals surface area contributed by atoms with Gasteiger partial charge < -0.3 is 15.3 Å². The molecule has 4 rings (SSSR count). The van der Waals surface area contributed by atoms with E-state index in [-0.39, 0.29) is 23.1 Å². The van der Waals surface area contributed by atoms with Gasteiger partial charge in [-0.2, -0.15) is 0 Å². The number of carbonyl (C=O) groups is 4. The maximum absolute atomic E-state index is 13.1. The first-order valence-corrected chi connectivity index (χ1v) is 10.1. The van der Waals surface area contributed by atoms with Gasteiger partial charge in [0.2, 0.25) is 0 Å². The van der Waals surface area contributed by atoms with Crippen LogP contribution in [0.2, 0.25) is 0 Å². The fourth-order valence-corrected chi connectivity index (χ4v) is 4.08. The number of aliphatic carboxylic acids is 1. The Morgan fingerprint density at radius 1 is 1.06 bits per heavy atom. The Bertz CT molecular complexity index is 1040. The van der Waals surface area contributed by atoms with E-state index >= 15 is 0 Å². The molecule has 0 aliphatic carbocycles. The van der Waals surface area contributed by atoms with Crippen LogP contribution in [-0.4, -0.2) is 45.9 Å². The van der Waals surface area contributed by atoms with E-state index in [0.29, 0.717) is 13.0 Å². The lowest BCUT2D eigenvalue weighted by atomic mass is 9.95. The van der Waals surface area contributed by atoms with Crippen LogP contribution < -0.4 is 10.2 Å². The van der Waals surface area contributed by atoms with Gasteiger partial charge in [0.1, 0.15) is 12.1 Å². The molecule has 1 fully saturated rings. The van der Waals surface area contributed by atoms with Crippen molar-refractivity contribution < 1.29 is 24.3 Å². The third-order valence-electron chi connectivity index (χ3n) is 5.78. The van der Waals surface area contributed by atoms with Crippen molar-refractivity contribution in [3.63, 3.8) is 0 Å². The molecule has 2 heterocycles. The van der Waals surface area contributed by atoms with E-state index in [9.17, 15) is 24.3 Å². The van der Waals surface area contributed by atoms with Gasteiger partial charge in [0.25, 0.3) is 11.8 Å². The van der Waals surface area contributed by atoms with Gasteiger partial charge in [-0.1, -0.05) is 44.2 Å². The number of urea groups is 1. The quantitative estimate of drug-likeness (QED) is 0.721. The number of hydrogen-bond donors (Lipinski definition) is 2. The highest BCUT2D eigenvalue weighted by molar-refractivity contribution is 6.21. The molecule has 2 aliphatic rings. The zero-order chi connectivity index (χ0) is 22.3. The number of fused-ring (bicyclic) bond motifs is 2. The van der Waals surface area contributed by atoms with Crippen molar-refractivity contribution in [1.29, 1.82) is 0 Å². The van der Waals surface area contributed by atoms with Crippen LogP contribution >= 0.6 is 0 Å². The molecule has 4 amide bonds. The molecule has 8 heteroatoms. The first-order valence-electron chi connectivity index (χ1n) is 10.1. The van der Waals surface area contributed by atoms with E-state index in [0.717, 1.165) is 16.0 Å². The number of anilines is 1. The molecule has 1 saturated heterocycles. The number of benzene rings is 2. The number of carboxylic acids is 1. The number of carboxylic acid groups (broad SMARTS) is 1. The zero-order valence-electron chi connectivity index (χ0n) is 17.2. The first kappa shape index (κ1) is 20.6. The van der Waals surface area contributed by atoms with E-state index in [2.05, 4.69) is 5.32 Å². The predicted octanol–water partition coefficient (Wildman–Crippen LogP) is 2.42. The van der Waals surface area contributed by atoms with Crippen molar-refractivity contribution >= 4 is 29.5 Å². The molecule has 0 unspecified atom stereocenters. The first-order chi connectivity index (χ1) is 14.8. The van der Waals surface area contributed by atoms with Crippen molar-refractivity contribution in [3.8, 4) is 0 Å². The largest absolute Gasteiger partial charge is 0.480 e. The lowest BCUT2D eigenvalue weighted by Crippen LogP contribution is -2.44. The van der Waals surface area contributed by atoms with Crippen LogP contribution in [0.25, 0.3) is 0 Å². The van der Waals surface area contributed by atoms with Crippen LogP contribution in [-0.2, 0) is 22.6 Å². The average molecular weight is 421 g/mol. The summed E-state index contributed by atoms with van der Waals surface area (Å²) in [5.74, 6) is -2.33. The van der Waals surface area contributed by atoms with Gasteiger partial charge in [-0.25, -0.2) is 14.5 Å². The summed E-state index contributed by atoms with van der Waals surface area (Å²) in [5, 5.41) is 11.8. The number of nitrogens with one attached hydrogen (secondary N) is 1. The van der Waals surface area contributed by atoms with Crippen LogP contribution in [0, 0.1) is 5.92 Å². The topological polar surface area (TPSA) is 107 Å². The summed E-state index contributed by atoms with van der Waals surface area (Å²) in [6, 6.07) is 11.8. The van der Waals surface area contributed by atoms with E-state index in [1.54, 1.807) is 30.9 Å². The summed E-state index contributed by atoms with van der Waals surface area (Å²) in [7, 11) is 0. The number of amides is 4. The van der Waals surface area contributed by atoms with E-state index in [1.165, 1.54) is 12.1 Å². The van der Waals surface area contributed by atoms with Crippen LogP contribution in [0.15, 0.2) is 48.5 Å². The summed E-state index contributed by atoms with van der Waals surface area (Å²) >= 11 is 0. The van der Waals surface area contributed by atoms with Crippen molar-refractivity contribution in [2.45, 2.75) is 38.9 Å². The van der Waals surface area contributed by atoms with Crippen molar-refractivity contribution in [2.24, 2.45) is 5.92 Å². The number of carbonyl (C=O) groups excluding carboxylic acids is 3. The summed E-state index contributed by atoms with van der Waals surface area (Å²) < 4.78 is 0. The normalized spacial score (nSPS) is 18.6. The monoisotopic (exact) mass is 421 g/mol. The summed E-state index contributed by atoms with van der Waals surface area (Å²) in [6.07, 6.45) is 0.450. The lowest BCUT2D eigenvalue weighted by molar-refractivity contribution is -0.140. The highest BCUT2D eigenvalue weighted by atomic mass is 16.4. The second kappa shape index (κ2) is 7.86. The smallest absolute Gasteiger partial charge is 0.332 e. The Labute approximate surface area is 179 Å². The minimum atomic E-state index is -1.12. The van der Waals surface area contributed by atoms with Gasteiger partial charge in [-0.15, -0.1) is 0 Å². The highest BCUT2D eigenvalue weighted by Crippen LogP contribution is 2.33. The second-order valence-corrected chi connectivity index (χ2v) is 8.16. The molecule has 2 aromatic carbocycles. The molecule has 0 bridgehead atoms. The number of imide groups is 1. The fraction of sp³-hybridized carbons (Fsp3) is 0.304. The third kappa shape index (κ3) is 3.65. The van der Waals surface area contributed by atoms with Gasteiger partial charge >= 0.3 is 12.0 Å². The third-order valence-corrected chi connectivity index (χ3v) is 5.78. The molecule has 160 valence electrons. The molecule has 2 aromatic rings. The molecular weight excluding hydrogens is 398 g/mol. The molecular formula is C23H23N3O5. The van der Waals surface area contributed by atoms with E-state index in [1.807, 2.05) is 24.3 Å². The molecule has 2 atom stereocenters. The van der Waals surface area contributed by atoms with Gasteiger partial charge in [-0.05, 0) is 35.2 Å². The fourth-order valence-electron chi connectivity index (χ4n) is 4.08. The van der Waals surface area contributed by atoms with Gasteiger partial charge in [0.15, 0.2) is 0 Å². The SMILES string of the molecule is CC(C)[C@H](NC(=O)c1cccc(N2C(=O)[C@@H]3Cc4ccccc4CN3C2=O)c1)C(=O)O. The van der Waals surface area contributed by atoms with Gasteiger partial charge in [0.05, 0.1) is 5.69 Å². The summed E-state index contributed by atoms with van der Waals surface area (Å²) in [4.78, 5) is 52.8. The lowest BCUT2D eigenvalue weighted by Gasteiger charge is -2.28. The minimum absolute atomic E-state index is 0.179. The van der Waals surface area contributed by atoms with Crippen molar-refractivity contribution in [1.82, 2.24) is 10.2 Å². The number of rotatable bonds is 5. The molecule has 0 spiro atoms. The average Bonchev–Trinajstić information content (AvgIpc) is 2.99. The Kier molecular flexibility index (Phi) is 5.22. The van der Waals surface area contributed by atoms with Gasteiger partial charge in [0, 0.05) is 18.5 Å². The number of hydrogen-bond acceptors (Lipinski definition) is 4. The van der Waals surface area contributed by atoms with Crippen molar-refractivity contribution in [2.75, 3.05) is 4.90 Å². The van der Waals surface area contributed by atoms with Crippen LogP contribution in [0.3, 0.4) is 0 Å². The molecule has 0 saturated carbocycles. The summed E-state index contributed by atoms with van der Waals surface area (Å²) in [6.45, 7) is 3.76. The van der Waals surface area contributed by atoms with Crippen LogP contribution in [0.1, 0.15) is 35.3 Å². The molecule has 8 nitrogen and oxygen atoms in total. The van der Waals surface area contributed by atoms with E-state index < -0.39 is 30.0 Å². The maximum Gasteiger partial charge on any atom is 0.332 e. The molecule has 0 radical (unpaired) electrons. The molecule has 2 aliphatic heterocycles. The minimum Gasteiger partial charge on any atom is -0.480 e. The van der Waals surface area contributed by atoms with E-state index in [4.69, 9.17) is 0 Å². The Morgan fingerprint density at radius 2 is 1.77 bits per heavy atom. The highest BCUT2D eigenvalue weighted by Gasteiger charge is 2.47. The molecule has 31 heavy (non-hydrogen) atoms. The molecule has 0 aromatic heterocycles. The van der Waals surface area contributed by atoms with Crippen molar-refractivity contribution in [3.05, 3.63) is 65.2 Å². The predicted molar refractivity (Wildman–Crippen MR) is 113 cm³/mol. The maximum atomic E-state index is 13.1. The Hall–Kier alpha value is -3.68. The Morgan fingerprint density at radius 3 is 2.45 bits per heavy atom. The van der Waals surface area contributed by atoms with Crippen LogP contribution in [0.4, 0.5) is 10.5 Å².